The average molecular weight is 336 g/mol. The number of fused-ring (bicyclic) bond motifs is 1. The number of carbonyl (C=O) groups is 1. The van der Waals surface area contributed by atoms with Crippen molar-refractivity contribution in [3.8, 4) is 0 Å². The number of aryl methyl sites for hydroxylation is 2. The number of piperidine rings is 1. The lowest BCUT2D eigenvalue weighted by molar-refractivity contribution is -0.123. The van der Waals surface area contributed by atoms with Crippen molar-refractivity contribution in [2.45, 2.75) is 31.8 Å². The molecular formula is C18H20N6O. The van der Waals surface area contributed by atoms with Gasteiger partial charge >= 0.3 is 0 Å². The van der Waals surface area contributed by atoms with Crippen LogP contribution < -0.4 is 10.6 Å². The first-order valence-corrected chi connectivity index (χ1v) is 8.36. The van der Waals surface area contributed by atoms with E-state index < -0.39 is 0 Å². The van der Waals surface area contributed by atoms with Gasteiger partial charge in [-0.1, -0.05) is 12.1 Å². The molecule has 1 fully saturated rings. The number of hydrogen-bond donors (Lipinski definition) is 2. The van der Waals surface area contributed by atoms with Crippen molar-refractivity contribution in [3.05, 3.63) is 48.3 Å². The molecule has 25 heavy (non-hydrogen) atoms. The molecule has 1 amide bonds. The van der Waals surface area contributed by atoms with Gasteiger partial charge in [-0.3, -0.25) is 4.79 Å². The number of aromatic nitrogens is 4. The van der Waals surface area contributed by atoms with Gasteiger partial charge in [0.15, 0.2) is 0 Å². The van der Waals surface area contributed by atoms with Crippen LogP contribution >= 0.6 is 0 Å². The number of imidazole rings is 1. The maximum absolute atomic E-state index is 12.0. The summed E-state index contributed by atoms with van der Waals surface area (Å²) in [5.74, 6) is 0.865. The van der Waals surface area contributed by atoms with E-state index in [0.29, 0.717) is 6.42 Å². The van der Waals surface area contributed by atoms with E-state index in [0.717, 1.165) is 34.4 Å². The molecule has 0 aliphatic carbocycles. The fourth-order valence-electron chi connectivity index (χ4n) is 3.47. The molecule has 1 aromatic carbocycles. The fourth-order valence-corrected chi connectivity index (χ4v) is 3.47. The topological polar surface area (TPSA) is 84.7 Å². The molecular weight excluding hydrogens is 316 g/mol. The molecule has 0 radical (unpaired) electrons. The smallest absolute Gasteiger partial charge is 0.220 e. The molecule has 0 spiro atoms. The molecule has 7 nitrogen and oxygen atoms in total. The Labute approximate surface area is 145 Å². The van der Waals surface area contributed by atoms with Gasteiger partial charge in [-0.15, -0.1) is 0 Å². The van der Waals surface area contributed by atoms with E-state index in [-0.39, 0.29) is 18.0 Å². The summed E-state index contributed by atoms with van der Waals surface area (Å²) in [6.07, 6.45) is 6.35. The van der Waals surface area contributed by atoms with Crippen LogP contribution in [-0.4, -0.2) is 31.5 Å². The highest BCUT2D eigenvalue weighted by Gasteiger charge is 2.32. The van der Waals surface area contributed by atoms with E-state index in [4.69, 9.17) is 0 Å². The van der Waals surface area contributed by atoms with Crippen molar-refractivity contribution in [3.63, 3.8) is 0 Å². The summed E-state index contributed by atoms with van der Waals surface area (Å²) < 4.78 is 1.94. The number of amides is 1. The molecule has 0 saturated carbocycles. The number of benzene rings is 1. The van der Waals surface area contributed by atoms with E-state index in [9.17, 15) is 4.79 Å². The van der Waals surface area contributed by atoms with Crippen LogP contribution in [0.25, 0.3) is 10.9 Å². The van der Waals surface area contributed by atoms with Gasteiger partial charge in [-0.05, 0) is 25.0 Å². The Kier molecular flexibility index (Phi) is 3.83. The van der Waals surface area contributed by atoms with Gasteiger partial charge in [0.1, 0.15) is 12.1 Å². The summed E-state index contributed by atoms with van der Waals surface area (Å²) in [5.41, 5.74) is 3.01. The van der Waals surface area contributed by atoms with E-state index in [2.05, 4.69) is 38.6 Å². The second kappa shape index (κ2) is 6.16. The Morgan fingerprint density at radius 1 is 1.32 bits per heavy atom. The maximum Gasteiger partial charge on any atom is 0.220 e. The highest BCUT2D eigenvalue weighted by molar-refractivity contribution is 5.92. The van der Waals surface area contributed by atoms with Crippen LogP contribution in [0.5, 0.6) is 0 Å². The Balaban J connectivity index is 1.71. The first-order chi connectivity index (χ1) is 12.1. The van der Waals surface area contributed by atoms with Crippen LogP contribution in [0.2, 0.25) is 0 Å². The van der Waals surface area contributed by atoms with Crippen molar-refractivity contribution in [1.29, 1.82) is 0 Å². The van der Waals surface area contributed by atoms with Gasteiger partial charge < -0.3 is 15.2 Å². The zero-order valence-electron chi connectivity index (χ0n) is 14.2. The molecule has 2 N–H and O–H groups in total. The van der Waals surface area contributed by atoms with E-state index in [1.165, 1.54) is 0 Å². The molecule has 128 valence electrons. The van der Waals surface area contributed by atoms with Crippen molar-refractivity contribution in [2.75, 3.05) is 5.32 Å². The fraction of sp³-hybridized carbons (Fsp3) is 0.333. The summed E-state index contributed by atoms with van der Waals surface area (Å²) in [6, 6.07) is 5.91. The summed E-state index contributed by atoms with van der Waals surface area (Å²) >= 11 is 0. The van der Waals surface area contributed by atoms with Crippen LogP contribution in [0.4, 0.5) is 5.82 Å². The predicted octanol–water partition coefficient (Wildman–Crippen LogP) is 2.10. The quantitative estimate of drug-likeness (QED) is 0.765. The number of rotatable bonds is 3. The molecule has 2 aromatic heterocycles. The summed E-state index contributed by atoms with van der Waals surface area (Å²) in [6.45, 7) is 2.05. The van der Waals surface area contributed by atoms with Gasteiger partial charge in [-0.2, -0.15) is 0 Å². The van der Waals surface area contributed by atoms with Crippen molar-refractivity contribution in [1.82, 2.24) is 24.8 Å². The third-order valence-corrected chi connectivity index (χ3v) is 4.77. The van der Waals surface area contributed by atoms with E-state index in [1.54, 1.807) is 18.9 Å². The lowest BCUT2D eigenvalue weighted by atomic mass is 9.95. The van der Waals surface area contributed by atoms with Gasteiger partial charge in [0.25, 0.3) is 0 Å². The predicted molar refractivity (Wildman–Crippen MR) is 95.0 cm³/mol. The van der Waals surface area contributed by atoms with Crippen molar-refractivity contribution in [2.24, 2.45) is 7.05 Å². The maximum atomic E-state index is 12.0. The van der Waals surface area contributed by atoms with Crippen molar-refractivity contribution >= 4 is 22.6 Å². The number of nitrogens with one attached hydrogen (secondary N) is 2. The standard InChI is InChI=1S/C18H20N6O/c1-11-4-3-5-12-16(11)18(21-9-20-12)22-13-6-7-15(25)23-17(13)14-8-19-10-24(14)2/h3-5,8-10,13,17H,6-7H2,1-2H3,(H,23,25)(H,20,21,22)/t13-,17-/m1/s1. The molecule has 3 aromatic rings. The molecule has 7 heteroatoms. The first-order valence-electron chi connectivity index (χ1n) is 8.36. The normalized spacial score (nSPS) is 20.5. The molecule has 1 aliphatic rings. The van der Waals surface area contributed by atoms with E-state index in [1.807, 2.05) is 23.7 Å². The summed E-state index contributed by atoms with van der Waals surface area (Å²) in [4.78, 5) is 25.0. The largest absolute Gasteiger partial charge is 0.364 e. The van der Waals surface area contributed by atoms with Crippen LogP contribution in [0.15, 0.2) is 37.1 Å². The second-order valence-electron chi connectivity index (χ2n) is 6.46. The number of carbonyl (C=O) groups excluding carboxylic acids is 1. The highest BCUT2D eigenvalue weighted by atomic mass is 16.1. The Morgan fingerprint density at radius 3 is 3.00 bits per heavy atom. The molecule has 3 heterocycles. The Morgan fingerprint density at radius 2 is 2.20 bits per heavy atom. The van der Waals surface area contributed by atoms with Crippen molar-refractivity contribution < 1.29 is 4.79 Å². The number of nitrogens with zero attached hydrogens (tertiary/aromatic N) is 4. The minimum atomic E-state index is -0.150. The lowest BCUT2D eigenvalue weighted by Crippen LogP contribution is -2.45. The second-order valence-corrected chi connectivity index (χ2v) is 6.46. The molecule has 2 atom stereocenters. The van der Waals surface area contributed by atoms with Gasteiger partial charge in [0.05, 0.1) is 35.8 Å². The van der Waals surface area contributed by atoms with Gasteiger partial charge in [0.2, 0.25) is 5.91 Å². The number of hydrogen-bond acceptors (Lipinski definition) is 5. The molecule has 1 saturated heterocycles. The Bertz CT molecular complexity index is 929. The van der Waals surface area contributed by atoms with Crippen LogP contribution in [0.3, 0.4) is 0 Å². The molecule has 4 rings (SSSR count). The third kappa shape index (κ3) is 2.82. The van der Waals surface area contributed by atoms with Crippen LogP contribution in [0.1, 0.15) is 30.1 Å². The van der Waals surface area contributed by atoms with Crippen LogP contribution in [0, 0.1) is 6.92 Å². The number of anilines is 1. The van der Waals surface area contributed by atoms with Gasteiger partial charge in [-0.25, -0.2) is 15.0 Å². The zero-order chi connectivity index (χ0) is 17.4. The van der Waals surface area contributed by atoms with E-state index >= 15 is 0 Å². The first kappa shape index (κ1) is 15.6. The summed E-state index contributed by atoms with van der Waals surface area (Å²) in [5, 5.41) is 7.65. The lowest BCUT2D eigenvalue weighted by Gasteiger charge is -2.33. The third-order valence-electron chi connectivity index (χ3n) is 4.77. The van der Waals surface area contributed by atoms with Gasteiger partial charge in [0, 0.05) is 18.9 Å². The molecule has 1 aliphatic heterocycles. The minimum absolute atomic E-state index is 0.0332. The minimum Gasteiger partial charge on any atom is -0.364 e. The molecule has 0 unspecified atom stereocenters. The SMILES string of the molecule is Cc1cccc2ncnc(N[C@@H]3CCC(=O)N[C@H]3c3cncn3C)c12. The molecule has 0 bridgehead atoms. The average Bonchev–Trinajstić information content (AvgIpc) is 3.03. The Hall–Kier alpha value is -2.96. The van der Waals surface area contributed by atoms with Crippen LogP contribution in [-0.2, 0) is 11.8 Å². The highest BCUT2D eigenvalue weighted by Crippen LogP contribution is 2.29. The summed E-state index contributed by atoms with van der Waals surface area (Å²) in [7, 11) is 1.93. The zero-order valence-corrected chi connectivity index (χ0v) is 14.2. The monoisotopic (exact) mass is 336 g/mol.